The maximum absolute atomic E-state index is 11.5. The van der Waals surface area contributed by atoms with E-state index in [0.29, 0.717) is 6.54 Å². The number of nitrogens with one attached hydrogen (secondary N) is 2. The Hall–Kier alpha value is -2.57. The van der Waals surface area contributed by atoms with E-state index in [9.17, 15) is 14.4 Å². The summed E-state index contributed by atoms with van der Waals surface area (Å²) in [4.78, 5) is 33.0. The number of carbonyl (C=O) groups excluding carboxylic acids is 2. The van der Waals surface area contributed by atoms with Crippen LogP contribution in [0.3, 0.4) is 0 Å². The summed E-state index contributed by atoms with van der Waals surface area (Å²) in [6.45, 7) is 0.406. The van der Waals surface area contributed by atoms with Crippen molar-refractivity contribution >= 4 is 17.9 Å². The molecule has 0 aromatic heterocycles. The second-order valence-electron chi connectivity index (χ2n) is 4.55. The zero-order valence-corrected chi connectivity index (χ0v) is 11.5. The highest BCUT2D eigenvalue weighted by Crippen LogP contribution is 2.01. The molecule has 7 nitrogen and oxygen atoms in total. The second kappa shape index (κ2) is 8.57. The Morgan fingerprint density at radius 2 is 1.86 bits per heavy atom. The van der Waals surface area contributed by atoms with Gasteiger partial charge in [-0.15, -0.1) is 0 Å². The van der Waals surface area contributed by atoms with E-state index in [1.54, 1.807) is 0 Å². The van der Waals surface area contributed by atoms with Crippen LogP contribution in [0.15, 0.2) is 30.3 Å². The van der Waals surface area contributed by atoms with E-state index < -0.39 is 30.4 Å². The van der Waals surface area contributed by atoms with Gasteiger partial charge in [0.2, 0.25) is 5.91 Å². The summed E-state index contributed by atoms with van der Waals surface area (Å²) in [6.07, 6.45) is 1.10. The van der Waals surface area contributed by atoms with Gasteiger partial charge in [-0.3, -0.25) is 4.79 Å². The van der Waals surface area contributed by atoms with Crippen molar-refractivity contribution < 1.29 is 19.5 Å². The van der Waals surface area contributed by atoms with Crippen LogP contribution in [0.1, 0.15) is 18.4 Å². The van der Waals surface area contributed by atoms with Gasteiger partial charge in [-0.2, -0.15) is 0 Å². The zero-order valence-electron chi connectivity index (χ0n) is 11.5. The minimum absolute atomic E-state index is 0.406. The third-order valence-electron chi connectivity index (χ3n) is 2.78. The molecule has 1 rings (SSSR count). The van der Waals surface area contributed by atoms with Crippen LogP contribution in [-0.4, -0.2) is 35.6 Å². The normalized spacial score (nSPS) is 11.4. The minimum atomic E-state index is -1.31. The first-order chi connectivity index (χ1) is 9.99. The van der Waals surface area contributed by atoms with Crippen molar-refractivity contribution in [1.82, 2.24) is 10.6 Å². The Bertz CT molecular complexity index is 490. The molecule has 0 bridgehead atoms. The van der Waals surface area contributed by atoms with Gasteiger partial charge in [0, 0.05) is 6.54 Å². The fourth-order valence-electron chi connectivity index (χ4n) is 1.75. The highest BCUT2D eigenvalue weighted by Gasteiger charge is 2.21. The Labute approximate surface area is 122 Å². The molecule has 114 valence electrons. The number of aryl methyl sites for hydroxylation is 1. The van der Waals surface area contributed by atoms with Crippen LogP contribution in [0.5, 0.6) is 0 Å². The quantitative estimate of drug-likeness (QED) is 0.513. The molecule has 0 aliphatic rings. The number of rotatable bonds is 8. The van der Waals surface area contributed by atoms with E-state index in [1.807, 2.05) is 30.3 Å². The van der Waals surface area contributed by atoms with Crippen LogP contribution in [-0.2, 0) is 16.0 Å². The molecule has 3 amide bonds. The molecule has 0 unspecified atom stereocenters. The summed E-state index contributed by atoms with van der Waals surface area (Å²) >= 11 is 0. The predicted octanol–water partition coefficient (Wildman–Crippen LogP) is 0.247. The van der Waals surface area contributed by atoms with E-state index in [2.05, 4.69) is 10.6 Å². The molecular weight excluding hydrogens is 274 g/mol. The van der Waals surface area contributed by atoms with E-state index in [-0.39, 0.29) is 0 Å². The number of urea groups is 1. The Kier molecular flexibility index (Phi) is 6.73. The van der Waals surface area contributed by atoms with Crippen molar-refractivity contribution in [3.05, 3.63) is 35.9 Å². The van der Waals surface area contributed by atoms with Crippen LogP contribution in [0.25, 0.3) is 0 Å². The molecule has 7 heteroatoms. The standard InChI is InChI=1S/C14H19N3O4/c15-12(18)9-11(13(19)20)17-14(21)16-8-4-7-10-5-2-1-3-6-10/h1-3,5-6,11H,4,7-9H2,(H2,15,18)(H,19,20)(H2,16,17,21)/t11-/m1/s1. The first-order valence-corrected chi connectivity index (χ1v) is 6.58. The van der Waals surface area contributed by atoms with E-state index >= 15 is 0 Å². The number of hydrogen-bond donors (Lipinski definition) is 4. The molecule has 21 heavy (non-hydrogen) atoms. The monoisotopic (exact) mass is 293 g/mol. The predicted molar refractivity (Wildman–Crippen MR) is 76.5 cm³/mol. The van der Waals surface area contributed by atoms with Crippen LogP contribution in [0, 0.1) is 0 Å². The second-order valence-corrected chi connectivity index (χ2v) is 4.55. The molecule has 0 spiro atoms. The summed E-state index contributed by atoms with van der Waals surface area (Å²) < 4.78 is 0. The lowest BCUT2D eigenvalue weighted by molar-refractivity contribution is -0.140. The molecule has 0 radical (unpaired) electrons. The lowest BCUT2D eigenvalue weighted by Crippen LogP contribution is -2.47. The number of primary amides is 1. The van der Waals surface area contributed by atoms with Crippen molar-refractivity contribution in [2.45, 2.75) is 25.3 Å². The number of benzene rings is 1. The molecule has 0 saturated carbocycles. The lowest BCUT2D eigenvalue weighted by Gasteiger charge is -2.13. The molecule has 1 aromatic rings. The lowest BCUT2D eigenvalue weighted by atomic mass is 10.1. The summed E-state index contributed by atoms with van der Waals surface area (Å²) in [5.74, 6) is -2.08. The fourth-order valence-corrected chi connectivity index (χ4v) is 1.75. The highest BCUT2D eigenvalue weighted by atomic mass is 16.4. The largest absolute Gasteiger partial charge is 0.480 e. The van der Waals surface area contributed by atoms with Crippen molar-refractivity contribution in [2.75, 3.05) is 6.54 Å². The Morgan fingerprint density at radius 3 is 2.43 bits per heavy atom. The first kappa shape index (κ1) is 16.5. The third-order valence-corrected chi connectivity index (χ3v) is 2.78. The van der Waals surface area contributed by atoms with E-state index in [0.717, 1.165) is 18.4 Å². The topological polar surface area (TPSA) is 122 Å². The Balaban J connectivity index is 2.26. The molecule has 0 saturated heterocycles. The van der Waals surface area contributed by atoms with Crippen LogP contribution >= 0.6 is 0 Å². The maximum atomic E-state index is 11.5. The molecule has 1 aromatic carbocycles. The Morgan fingerprint density at radius 1 is 1.19 bits per heavy atom. The molecule has 0 aliphatic heterocycles. The molecule has 0 fully saturated rings. The number of hydrogen-bond acceptors (Lipinski definition) is 3. The van der Waals surface area contributed by atoms with Crippen molar-refractivity contribution in [1.29, 1.82) is 0 Å². The van der Waals surface area contributed by atoms with Crippen LogP contribution in [0.2, 0.25) is 0 Å². The van der Waals surface area contributed by atoms with Gasteiger partial charge in [0.1, 0.15) is 6.04 Å². The molecular formula is C14H19N3O4. The number of nitrogens with two attached hydrogens (primary N) is 1. The molecule has 1 atom stereocenters. The fraction of sp³-hybridized carbons (Fsp3) is 0.357. The van der Waals surface area contributed by atoms with Crippen molar-refractivity contribution in [3.63, 3.8) is 0 Å². The van der Waals surface area contributed by atoms with Crippen molar-refractivity contribution in [3.8, 4) is 0 Å². The van der Waals surface area contributed by atoms with Gasteiger partial charge < -0.3 is 21.5 Å². The van der Waals surface area contributed by atoms with Gasteiger partial charge in [-0.1, -0.05) is 30.3 Å². The van der Waals surface area contributed by atoms with Gasteiger partial charge in [0.05, 0.1) is 6.42 Å². The molecule has 0 heterocycles. The smallest absolute Gasteiger partial charge is 0.326 e. The van der Waals surface area contributed by atoms with Gasteiger partial charge in [-0.05, 0) is 18.4 Å². The van der Waals surface area contributed by atoms with Gasteiger partial charge in [-0.25, -0.2) is 9.59 Å². The number of carboxylic acid groups (broad SMARTS) is 1. The van der Waals surface area contributed by atoms with E-state index in [1.165, 1.54) is 0 Å². The average Bonchev–Trinajstić information content (AvgIpc) is 2.43. The summed E-state index contributed by atoms with van der Waals surface area (Å²) in [7, 11) is 0. The zero-order chi connectivity index (χ0) is 15.7. The van der Waals surface area contributed by atoms with E-state index in [4.69, 9.17) is 10.8 Å². The summed E-state index contributed by atoms with van der Waals surface area (Å²) in [5, 5.41) is 13.6. The number of carboxylic acids is 1. The summed E-state index contributed by atoms with van der Waals surface area (Å²) in [5.41, 5.74) is 6.08. The molecule has 5 N–H and O–H groups in total. The van der Waals surface area contributed by atoms with Gasteiger partial charge in [0.15, 0.2) is 0 Å². The minimum Gasteiger partial charge on any atom is -0.480 e. The maximum Gasteiger partial charge on any atom is 0.326 e. The average molecular weight is 293 g/mol. The van der Waals surface area contributed by atoms with Gasteiger partial charge in [0.25, 0.3) is 0 Å². The third kappa shape index (κ3) is 6.95. The highest BCUT2D eigenvalue weighted by molar-refractivity contribution is 5.87. The number of carbonyl (C=O) groups is 3. The SMILES string of the molecule is NC(=O)C[C@@H](NC(=O)NCCCc1ccccc1)C(=O)O. The summed E-state index contributed by atoms with van der Waals surface area (Å²) in [6, 6.07) is 7.86. The number of aliphatic carboxylic acids is 1. The van der Waals surface area contributed by atoms with Crippen molar-refractivity contribution in [2.24, 2.45) is 5.73 Å². The molecule has 0 aliphatic carbocycles. The van der Waals surface area contributed by atoms with Gasteiger partial charge >= 0.3 is 12.0 Å². The van der Waals surface area contributed by atoms with Crippen LogP contribution in [0.4, 0.5) is 4.79 Å². The van der Waals surface area contributed by atoms with Crippen LogP contribution < -0.4 is 16.4 Å². The number of amides is 3. The first-order valence-electron chi connectivity index (χ1n) is 6.58.